The number of carbonyl (C=O) groups is 1. The average Bonchev–Trinajstić information content (AvgIpc) is 2.23. The second-order valence-corrected chi connectivity index (χ2v) is 3.11. The number of nitrogens with zero attached hydrogens (tertiary/aromatic N) is 2. The fourth-order valence-electron chi connectivity index (χ4n) is 1.12. The number of rotatable bonds is 2. The lowest BCUT2D eigenvalue weighted by molar-refractivity contribution is 0.167. The highest BCUT2D eigenvalue weighted by molar-refractivity contribution is 5.83. The molecule has 16 heavy (non-hydrogen) atoms. The maximum absolute atomic E-state index is 11.5. The number of carbonyl (C=O) groups excluding carboxylic acids is 1. The predicted molar refractivity (Wildman–Crippen MR) is 57.6 cm³/mol. The van der Waals surface area contributed by atoms with Crippen LogP contribution in [0.1, 0.15) is 6.92 Å². The average molecular weight is 227 g/mol. The number of aromatic nitrogens is 2. The molecule has 0 radical (unpaired) electrons. The Hall–Kier alpha value is -2.05. The van der Waals surface area contributed by atoms with Crippen molar-refractivity contribution >= 4 is 11.9 Å². The van der Waals surface area contributed by atoms with Crippen LogP contribution in [0.3, 0.4) is 0 Å². The number of ether oxygens (including phenoxy) is 1. The van der Waals surface area contributed by atoms with Crippen LogP contribution in [-0.4, -0.2) is 21.8 Å². The summed E-state index contributed by atoms with van der Waals surface area (Å²) in [6.07, 6.45) is -0.703. The Labute approximate surface area is 91.3 Å². The van der Waals surface area contributed by atoms with Crippen molar-refractivity contribution in [2.24, 2.45) is 14.1 Å². The summed E-state index contributed by atoms with van der Waals surface area (Å²) in [5, 5.41) is 2.31. The molecule has 0 aromatic carbocycles. The van der Waals surface area contributed by atoms with Gasteiger partial charge in [0.1, 0.15) is 5.82 Å². The van der Waals surface area contributed by atoms with Crippen LogP contribution in [-0.2, 0) is 18.8 Å². The van der Waals surface area contributed by atoms with E-state index in [9.17, 15) is 14.4 Å². The molecule has 0 unspecified atom stereocenters. The fraction of sp³-hybridized carbons (Fsp3) is 0.444. The Balaban J connectivity index is 3.12. The highest BCUT2D eigenvalue weighted by Gasteiger charge is 2.08. The molecular weight excluding hydrogens is 214 g/mol. The Kier molecular flexibility index (Phi) is 3.49. The molecule has 0 saturated carbocycles. The van der Waals surface area contributed by atoms with Crippen molar-refractivity contribution in [2.45, 2.75) is 6.92 Å². The minimum absolute atomic E-state index is 0.103. The van der Waals surface area contributed by atoms with Crippen LogP contribution in [0.25, 0.3) is 0 Å². The first kappa shape index (κ1) is 12.0. The Morgan fingerprint density at radius 1 is 1.38 bits per heavy atom. The van der Waals surface area contributed by atoms with Crippen molar-refractivity contribution in [1.29, 1.82) is 0 Å². The summed E-state index contributed by atoms with van der Waals surface area (Å²) in [5.74, 6) is 0.103. The Bertz CT molecular complexity index is 514. The van der Waals surface area contributed by atoms with Crippen molar-refractivity contribution in [3.05, 3.63) is 26.9 Å². The van der Waals surface area contributed by atoms with E-state index in [1.54, 1.807) is 6.92 Å². The highest BCUT2D eigenvalue weighted by Crippen LogP contribution is 1.98. The van der Waals surface area contributed by atoms with E-state index in [0.29, 0.717) is 0 Å². The van der Waals surface area contributed by atoms with Crippen LogP contribution in [0, 0.1) is 0 Å². The van der Waals surface area contributed by atoms with Crippen LogP contribution in [0.15, 0.2) is 15.7 Å². The maximum Gasteiger partial charge on any atom is 0.412 e. The molecule has 0 bridgehead atoms. The Morgan fingerprint density at radius 3 is 2.56 bits per heavy atom. The van der Waals surface area contributed by atoms with E-state index >= 15 is 0 Å². The van der Waals surface area contributed by atoms with Gasteiger partial charge in [-0.15, -0.1) is 0 Å². The number of nitrogens with one attached hydrogen (secondary N) is 1. The van der Waals surface area contributed by atoms with Crippen LogP contribution < -0.4 is 16.6 Å². The van der Waals surface area contributed by atoms with Crippen molar-refractivity contribution in [3.63, 3.8) is 0 Å². The molecule has 0 aliphatic carbocycles. The van der Waals surface area contributed by atoms with Gasteiger partial charge in [-0.3, -0.25) is 19.2 Å². The zero-order valence-electron chi connectivity index (χ0n) is 9.31. The summed E-state index contributed by atoms with van der Waals surface area (Å²) >= 11 is 0. The van der Waals surface area contributed by atoms with Gasteiger partial charge >= 0.3 is 11.8 Å². The normalized spacial score (nSPS) is 9.94. The number of hydrogen-bond acceptors (Lipinski definition) is 4. The third-order valence-corrected chi connectivity index (χ3v) is 2.03. The zero-order valence-corrected chi connectivity index (χ0v) is 9.31. The lowest BCUT2D eigenvalue weighted by Crippen LogP contribution is -2.38. The molecule has 0 aliphatic heterocycles. The molecule has 0 saturated heterocycles. The van der Waals surface area contributed by atoms with Gasteiger partial charge in [0, 0.05) is 20.2 Å². The van der Waals surface area contributed by atoms with E-state index in [1.165, 1.54) is 14.1 Å². The van der Waals surface area contributed by atoms with E-state index < -0.39 is 17.3 Å². The van der Waals surface area contributed by atoms with Gasteiger partial charge in [0.05, 0.1) is 6.61 Å². The first-order valence-corrected chi connectivity index (χ1v) is 4.68. The number of hydrogen-bond donors (Lipinski definition) is 1. The largest absolute Gasteiger partial charge is 0.450 e. The van der Waals surface area contributed by atoms with Gasteiger partial charge in [-0.25, -0.2) is 9.59 Å². The van der Waals surface area contributed by atoms with E-state index in [0.717, 1.165) is 15.2 Å². The van der Waals surface area contributed by atoms with Crippen LogP contribution in [0.2, 0.25) is 0 Å². The third kappa shape index (κ3) is 2.30. The SMILES string of the molecule is CCOC(=O)Nc1cc(=O)n(C)c(=O)n1C. The quantitative estimate of drug-likeness (QED) is 0.748. The van der Waals surface area contributed by atoms with Gasteiger partial charge in [-0.2, -0.15) is 0 Å². The second kappa shape index (κ2) is 4.65. The molecule has 0 aliphatic rings. The van der Waals surface area contributed by atoms with Crippen molar-refractivity contribution in [1.82, 2.24) is 9.13 Å². The first-order valence-electron chi connectivity index (χ1n) is 4.68. The molecule has 1 aromatic heterocycles. The number of anilines is 1. The van der Waals surface area contributed by atoms with E-state index in [-0.39, 0.29) is 12.4 Å². The molecule has 0 fully saturated rings. The summed E-state index contributed by atoms with van der Waals surface area (Å²) in [6.45, 7) is 1.87. The fourth-order valence-corrected chi connectivity index (χ4v) is 1.12. The monoisotopic (exact) mass is 227 g/mol. The molecule has 1 heterocycles. The summed E-state index contributed by atoms with van der Waals surface area (Å²) in [4.78, 5) is 33.9. The highest BCUT2D eigenvalue weighted by atomic mass is 16.5. The molecule has 1 aromatic rings. The summed E-state index contributed by atoms with van der Waals surface area (Å²) in [7, 11) is 2.81. The van der Waals surface area contributed by atoms with E-state index in [4.69, 9.17) is 0 Å². The molecule has 7 nitrogen and oxygen atoms in total. The lowest BCUT2D eigenvalue weighted by Gasteiger charge is -2.10. The topological polar surface area (TPSA) is 82.3 Å². The van der Waals surface area contributed by atoms with Gasteiger partial charge in [0.15, 0.2) is 0 Å². The molecule has 1 rings (SSSR count). The molecule has 0 spiro atoms. The van der Waals surface area contributed by atoms with E-state index in [2.05, 4.69) is 10.1 Å². The molecule has 1 N–H and O–H groups in total. The first-order chi connectivity index (χ1) is 7.47. The van der Waals surface area contributed by atoms with Gasteiger partial charge < -0.3 is 4.74 Å². The smallest absolute Gasteiger partial charge is 0.412 e. The van der Waals surface area contributed by atoms with Gasteiger partial charge in [-0.05, 0) is 6.92 Å². The molecular formula is C9H13N3O4. The third-order valence-electron chi connectivity index (χ3n) is 2.03. The van der Waals surface area contributed by atoms with Crippen LogP contribution in [0.4, 0.5) is 10.6 Å². The molecule has 88 valence electrons. The zero-order chi connectivity index (χ0) is 12.3. The van der Waals surface area contributed by atoms with Gasteiger partial charge in [0.25, 0.3) is 5.56 Å². The van der Waals surface area contributed by atoms with Gasteiger partial charge in [0.2, 0.25) is 0 Å². The summed E-state index contributed by atoms with van der Waals surface area (Å²) in [5.41, 5.74) is -1.01. The summed E-state index contributed by atoms with van der Waals surface area (Å²) in [6, 6.07) is 1.15. The predicted octanol–water partition coefficient (Wildman–Crippen LogP) is -0.348. The number of amides is 1. The second-order valence-electron chi connectivity index (χ2n) is 3.11. The van der Waals surface area contributed by atoms with Crippen LogP contribution in [0.5, 0.6) is 0 Å². The minimum Gasteiger partial charge on any atom is -0.450 e. The van der Waals surface area contributed by atoms with Crippen molar-refractivity contribution in [3.8, 4) is 0 Å². The lowest BCUT2D eigenvalue weighted by atomic mass is 10.5. The van der Waals surface area contributed by atoms with Gasteiger partial charge in [-0.1, -0.05) is 0 Å². The summed E-state index contributed by atoms with van der Waals surface area (Å²) < 4.78 is 6.73. The maximum atomic E-state index is 11.5. The molecule has 0 atom stereocenters. The van der Waals surface area contributed by atoms with Crippen molar-refractivity contribution < 1.29 is 9.53 Å². The van der Waals surface area contributed by atoms with Crippen LogP contribution >= 0.6 is 0 Å². The molecule has 7 heteroatoms. The Morgan fingerprint density at radius 2 is 2.00 bits per heavy atom. The molecule has 1 amide bonds. The van der Waals surface area contributed by atoms with E-state index in [1.807, 2.05) is 0 Å². The van der Waals surface area contributed by atoms with Crippen molar-refractivity contribution in [2.75, 3.05) is 11.9 Å². The standard InChI is InChI=1S/C9H13N3O4/c1-4-16-8(14)10-6-5-7(13)12(3)9(15)11(6)2/h5H,4H2,1-3H3,(H,10,14). The minimum atomic E-state index is -0.703.